The molecule has 1 aromatic carbocycles. The number of carbonyl (C=O) groups excluding carboxylic acids is 1. The minimum atomic E-state index is -0.964. The minimum Gasteiger partial charge on any atom is -0.465 e. The summed E-state index contributed by atoms with van der Waals surface area (Å²) in [7, 11) is 0. The van der Waals surface area contributed by atoms with E-state index in [4.69, 9.17) is 16.6 Å². The van der Waals surface area contributed by atoms with Crippen LogP contribution in [0.4, 0.5) is 4.79 Å². The van der Waals surface area contributed by atoms with Crippen molar-refractivity contribution in [3.05, 3.63) is 59.4 Å². The van der Waals surface area contributed by atoms with E-state index in [0.717, 1.165) is 22.0 Å². The Kier molecular flexibility index (Phi) is 4.94. The fourth-order valence-corrected chi connectivity index (χ4v) is 4.42. The van der Waals surface area contributed by atoms with Gasteiger partial charge in [0.25, 0.3) is 5.91 Å². The van der Waals surface area contributed by atoms with Gasteiger partial charge in [-0.15, -0.1) is 0 Å². The molecule has 1 saturated heterocycles. The number of hydrogen-bond acceptors (Lipinski definition) is 4. The number of amides is 2. The van der Waals surface area contributed by atoms with Crippen LogP contribution in [0.15, 0.2) is 48.8 Å². The summed E-state index contributed by atoms with van der Waals surface area (Å²) >= 11 is 6.53. The third kappa shape index (κ3) is 3.52. The maximum absolute atomic E-state index is 13.1. The van der Waals surface area contributed by atoms with Crippen LogP contribution in [-0.2, 0) is 0 Å². The number of nitrogens with one attached hydrogen (secondary N) is 1. The zero-order chi connectivity index (χ0) is 22.4. The highest BCUT2D eigenvalue weighted by Gasteiger charge is 2.30. The number of rotatable bonds is 2. The molecule has 1 aliphatic heterocycles. The molecule has 162 valence electrons. The lowest BCUT2D eigenvalue weighted by Gasteiger charge is -2.38. The smallest absolute Gasteiger partial charge is 0.407 e. The minimum absolute atomic E-state index is 0.150. The second kappa shape index (κ2) is 7.80. The molecular weight excluding hydrogens is 430 g/mol. The van der Waals surface area contributed by atoms with E-state index in [1.165, 1.54) is 4.90 Å². The van der Waals surface area contributed by atoms with Gasteiger partial charge < -0.3 is 19.9 Å². The SMILES string of the molecule is C[C@@H]1CN(C(=O)c2ccc3c(Cl)cc(-c4cnc5[nH]ccc5c4)nc3c2)CCN1C(=O)O. The van der Waals surface area contributed by atoms with E-state index in [1.807, 2.05) is 18.3 Å². The van der Waals surface area contributed by atoms with Crippen molar-refractivity contribution < 1.29 is 14.7 Å². The highest BCUT2D eigenvalue weighted by atomic mass is 35.5. The molecule has 5 rings (SSSR count). The Morgan fingerprint density at radius 2 is 2.03 bits per heavy atom. The van der Waals surface area contributed by atoms with Crippen molar-refractivity contribution in [2.45, 2.75) is 13.0 Å². The van der Waals surface area contributed by atoms with Gasteiger partial charge in [-0.25, -0.2) is 14.8 Å². The van der Waals surface area contributed by atoms with Crippen LogP contribution in [0.1, 0.15) is 17.3 Å². The molecule has 0 unspecified atom stereocenters. The molecule has 8 nitrogen and oxygen atoms in total. The van der Waals surface area contributed by atoms with Crippen molar-refractivity contribution in [2.75, 3.05) is 19.6 Å². The van der Waals surface area contributed by atoms with E-state index in [1.54, 1.807) is 42.3 Å². The number of piperazine rings is 1. The standard InChI is InChI=1S/C23H20ClN5O3/c1-13-12-28(6-7-29(13)23(31)32)22(30)15-2-3-17-18(24)10-19(27-20(17)9-15)16-8-14-4-5-25-21(14)26-11-16/h2-5,8-11,13H,6-7,12H2,1H3,(H,25,26)(H,31,32)/t13-/m1/s1. The van der Waals surface area contributed by atoms with E-state index in [9.17, 15) is 14.7 Å². The van der Waals surface area contributed by atoms with E-state index >= 15 is 0 Å². The summed E-state index contributed by atoms with van der Waals surface area (Å²) in [5.41, 5.74) is 3.41. The molecule has 1 fully saturated rings. The number of aromatic nitrogens is 3. The summed E-state index contributed by atoms with van der Waals surface area (Å²) in [5, 5.41) is 11.5. The Hall–Kier alpha value is -3.65. The molecule has 4 heterocycles. The van der Waals surface area contributed by atoms with Crippen molar-refractivity contribution >= 4 is 45.5 Å². The monoisotopic (exact) mass is 449 g/mol. The molecule has 0 saturated carbocycles. The topological polar surface area (TPSA) is 102 Å². The molecule has 2 N–H and O–H groups in total. The molecular formula is C23H20ClN5O3. The van der Waals surface area contributed by atoms with Gasteiger partial charge in [-0.2, -0.15) is 0 Å². The lowest BCUT2D eigenvalue weighted by atomic mass is 10.1. The van der Waals surface area contributed by atoms with E-state index in [0.29, 0.717) is 41.4 Å². The molecule has 3 aromatic heterocycles. The van der Waals surface area contributed by atoms with Gasteiger partial charge in [0.05, 0.1) is 16.2 Å². The number of nitrogens with zero attached hydrogens (tertiary/aromatic N) is 4. The molecule has 0 spiro atoms. The van der Waals surface area contributed by atoms with E-state index in [2.05, 4.69) is 9.97 Å². The molecule has 0 radical (unpaired) electrons. The molecule has 1 aliphatic rings. The number of H-pyrrole nitrogens is 1. The van der Waals surface area contributed by atoms with Crippen LogP contribution in [0.5, 0.6) is 0 Å². The summed E-state index contributed by atoms with van der Waals surface area (Å²) in [6.45, 7) is 2.79. The Morgan fingerprint density at radius 3 is 2.81 bits per heavy atom. The fraction of sp³-hybridized carbons (Fsp3) is 0.217. The normalized spacial score (nSPS) is 16.6. The number of carboxylic acid groups (broad SMARTS) is 1. The van der Waals surface area contributed by atoms with Gasteiger partial charge in [-0.3, -0.25) is 4.79 Å². The van der Waals surface area contributed by atoms with Gasteiger partial charge in [0, 0.05) is 60.0 Å². The molecule has 0 bridgehead atoms. The van der Waals surface area contributed by atoms with Crippen molar-refractivity contribution in [3.63, 3.8) is 0 Å². The van der Waals surface area contributed by atoms with Crippen molar-refractivity contribution in [1.29, 1.82) is 0 Å². The average Bonchev–Trinajstić information content (AvgIpc) is 3.25. The van der Waals surface area contributed by atoms with Gasteiger partial charge in [0.2, 0.25) is 0 Å². The summed E-state index contributed by atoms with van der Waals surface area (Å²) in [6, 6.07) is 10.7. The van der Waals surface area contributed by atoms with Crippen molar-refractivity contribution in [3.8, 4) is 11.3 Å². The van der Waals surface area contributed by atoms with E-state index in [-0.39, 0.29) is 11.9 Å². The number of halogens is 1. The van der Waals surface area contributed by atoms with Gasteiger partial charge in [0.15, 0.2) is 0 Å². The summed E-state index contributed by atoms with van der Waals surface area (Å²) in [5.74, 6) is -0.150. The van der Waals surface area contributed by atoms with Crippen LogP contribution in [0, 0.1) is 0 Å². The third-order valence-electron chi connectivity index (χ3n) is 5.86. The van der Waals surface area contributed by atoms with Gasteiger partial charge in [0.1, 0.15) is 5.65 Å². The fourth-order valence-electron chi connectivity index (χ4n) is 4.16. The van der Waals surface area contributed by atoms with Gasteiger partial charge in [-0.05, 0) is 37.3 Å². The zero-order valence-corrected chi connectivity index (χ0v) is 18.0. The predicted octanol–water partition coefficient (Wildman–Crippen LogP) is 4.26. The zero-order valence-electron chi connectivity index (χ0n) is 17.2. The van der Waals surface area contributed by atoms with Crippen molar-refractivity contribution in [2.24, 2.45) is 0 Å². The predicted molar refractivity (Wildman–Crippen MR) is 122 cm³/mol. The number of hydrogen-bond donors (Lipinski definition) is 2. The average molecular weight is 450 g/mol. The highest BCUT2D eigenvalue weighted by Crippen LogP contribution is 2.30. The first kappa shape index (κ1) is 20.3. The van der Waals surface area contributed by atoms with Crippen LogP contribution in [0.3, 0.4) is 0 Å². The highest BCUT2D eigenvalue weighted by molar-refractivity contribution is 6.35. The molecule has 4 aromatic rings. The second-order valence-electron chi connectivity index (χ2n) is 7.94. The number of carbonyl (C=O) groups is 2. The lowest BCUT2D eigenvalue weighted by molar-refractivity contribution is 0.0507. The van der Waals surface area contributed by atoms with Crippen LogP contribution in [-0.4, -0.2) is 67.5 Å². The first-order chi connectivity index (χ1) is 15.4. The molecule has 1 atom stereocenters. The maximum atomic E-state index is 13.1. The van der Waals surface area contributed by atoms with Gasteiger partial charge in [-0.1, -0.05) is 17.7 Å². The molecule has 2 amide bonds. The molecule has 32 heavy (non-hydrogen) atoms. The van der Waals surface area contributed by atoms with Gasteiger partial charge >= 0.3 is 6.09 Å². The Labute approximate surface area is 188 Å². The summed E-state index contributed by atoms with van der Waals surface area (Å²) in [6.07, 6.45) is 2.60. The number of aromatic amines is 1. The Morgan fingerprint density at radius 1 is 1.19 bits per heavy atom. The number of benzene rings is 1. The first-order valence-electron chi connectivity index (χ1n) is 10.2. The maximum Gasteiger partial charge on any atom is 0.407 e. The van der Waals surface area contributed by atoms with Crippen LogP contribution in [0.25, 0.3) is 33.2 Å². The largest absolute Gasteiger partial charge is 0.465 e. The van der Waals surface area contributed by atoms with Crippen LogP contribution in [0.2, 0.25) is 5.02 Å². The molecule has 0 aliphatic carbocycles. The Bertz CT molecular complexity index is 1370. The third-order valence-corrected chi connectivity index (χ3v) is 6.18. The van der Waals surface area contributed by atoms with Crippen LogP contribution >= 0.6 is 11.6 Å². The number of pyridine rings is 2. The second-order valence-corrected chi connectivity index (χ2v) is 8.34. The summed E-state index contributed by atoms with van der Waals surface area (Å²) < 4.78 is 0. The summed E-state index contributed by atoms with van der Waals surface area (Å²) in [4.78, 5) is 39.7. The van der Waals surface area contributed by atoms with Crippen molar-refractivity contribution in [1.82, 2.24) is 24.8 Å². The quantitative estimate of drug-likeness (QED) is 0.476. The molecule has 9 heteroatoms. The van der Waals surface area contributed by atoms with Crippen LogP contribution < -0.4 is 0 Å². The van der Waals surface area contributed by atoms with E-state index < -0.39 is 6.09 Å². The lowest BCUT2D eigenvalue weighted by Crippen LogP contribution is -2.55. The first-order valence-corrected chi connectivity index (χ1v) is 10.6. The number of fused-ring (bicyclic) bond motifs is 2. The Balaban J connectivity index is 1.47.